The standard InChI is InChI=1S/C23H19NO2/c1-3-8-18(9-4-1)16-25-21-14-13-20-12-7-15-24-22(20)23(21)26-17-19-10-5-2-6-11-19/h1-15H,16-17H2. The van der Waals surface area contributed by atoms with Crippen LogP contribution in [0.2, 0.25) is 0 Å². The van der Waals surface area contributed by atoms with E-state index in [0.29, 0.717) is 24.7 Å². The summed E-state index contributed by atoms with van der Waals surface area (Å²) in [5.74, 6) is 1.39. The Morgan fingerprint density at radius 3 is 1.96 bits per heavy atom. The highest BCUT2D eigenvalue weighted by Crippen LogP contribution is 2.35. The van der Waals surface area contributed by atoms with E-state index >= 15 is 0 Å². The van der Waals surface area contributed by atoms with Crippen molar-refractivity contribution in [3.8, 4) is 11.5 Å². The third-order valence-electron chi connectivity index (χ3n) is 4.16. The van der Waals surface area contributed by atoms with E-state index in [2.05, 4.69) is 4.98 Å². The van der Waals surface area contributed by atoms with E-state index in [1.165, 1.54) is 0 Å². The average Bonchev–Trinajstić information content (AvgIpc) is 2.72. The first-order chi connectivity index (χ1) is 12.9. The van der Waals surface area contributed by atoms with Crippen LogP contribution >= 0.6 is 0 Å². The van der Waals surface area contributed by atoms with E-state index in [0.717, 1.165) is 22.0 Å². The second-order valence-corrected chi connectivity index (χ2v) is 6.02. The number of rotatable bonds is 6. The van der Waals surface area contributed by atoms with Gasteiger partial charge in [0, 0.05) is 11.6 Å². The first-order valence-corrected chi connectivity index (χ1v) is 8.61. The molecular formula is C23H19NO2. The average molecular weight is 341 g/mol. The van der Waals surface area contributed by atoms with Crippen LogP contribution in [-0.4, -0.2) is 4.98 Å². The molecule has 0 bridgehead atoms. The zero-order valence-electron chi connectivity index (χ0n) is 14.3. The van der Waals surface area contributed by atoms with Gasteiger partial charge in [-0.25, -0.2) is 0 Å². The lowest BCUT2D eigenvalue weighted by Gasteiger charge is -2.15. The highest BCUT2D eigenvalue weighted by atomic mass is 16.5. The third kappa shape index (κ3) is 3.67. The number of nitrogens with zero attached hydrogens (tertiary/aromatic N) is 1. The van der Waals surface area contributed by atoms with Crippen molar-refractivity contribution in [2.75, 3.05) is 0 Å². The molecule has 1 aromatic heterocycles. The van der Waals surface area contributed by atoms with Crippen LogP contribution in [0.5, 0.6) is 11.5 Å². The van der Waals surface area contributed by atoms with Gasteiger partial charge in [-0.1, -0.05) is 66.7 Å². The molecule has 0 atom stereocenters. The van der Waals surface area contributed by atoms with Crippen LogP contribution in [0.1, 0.15) is 11.1 Å². The Bertz CT molecular complexity index is 985. The molecule has 0 spiro atoms. The molecule has 0 radical (unpaired) electrons. The summed E-state index contributed by atoms with van der Waals surface area (Å²) in [5.41, 5.74) is 3.03. The molecule has 0 saturated carbocycles. The van der Waals surface area contributed by atoms with Gasteiger partial charge in [-0.15, -0.1) is 0 Å². The van der Waals surface area contributed by atoms with Crippen molar-refractivity contribution in [1.82, 2.24) is 4.98 Å². The van der Waals surface area contributed by atoms with Crippen molar-refractivity contribution in [3.63, 3.8) is 0 Å². The van der Waals surface area contributed by atoms with Gasteiger partial charge in [0.15, 0.2) is 11.5 Å². The van der Waals surface area contributed by atoms with Gasteiger partial charge in [0.05, 0.1) is 0 Å². The quantitative estimate of drug-likeness (QED) is 0.471. The third-order valence-corrected chi connectivity index (χ3v) is 4.16. The highest BCUT2D eigenvalue weighted by Gasteiger charge is 2.12. The zero-order chi connectivity index (χ0) is 17.6. The van der Waals surface area contributed by atoms with Crippen molar-refractivity contribution < 1.29 is 9.47 Å². The molecule has 3 heteroatoms. The van der Waals surface area contributed by atoms with Crippen LogP contribution in [0, 0.1) is 0 Å². The number of aromatic nitrogens is 1. The van der Waals surface area contributed by atoms with Gasteiger partial charge >= 0.3 is 0 Å². The normalized spacial score (nSPS) is 10.6. The van der Waals surface area contributed by atoms with Gasteiger partial charge in [0.1, 0.15) is 18.7 Å². The molecule has 4 rings (SSSR count). The molecule has 3 aromatic carbocycles. The second kappa shape index (κ2) is 7.70. The molecule has 0 amide bonds. The van der Waals surface area contributed by atoms with Crippen molar-refractivity contribution in [1.29, 1.82) is 0 Å². The Morgan fingerprint density at radius 1 is 0.615 bits per heavy atom. The minimum atomic E-state index is 0.470. The van der Waals surface area contributed by atoms with Crippen molar-refractivity contribution >= 4 is 10.9 Å². The summed E-state index contributed by atoms with van der Waals surface area (Å²) in [4.78, 5) is 4.50. The van der Waals surface area contributed by atoms with Crippen molar-refractivity contribution in [2.24, 2.45) is 0 Å². The smallest absolute Gasteiger partial charge is 0.187 e. The molecule has 4 aromatic rings. The number of hydrogen-bond acceptors (Lipinski definition) is 3. The summed E-state index contributed by atoms with van der Waals surface area (Å²) in [6.45, 7) is 0.957. The molecule has 26 heavy (non-hydrogen) atoms. The van der Waals surface area contributed by atoms with Gasteiger partial charge in [0.2, 0.25) is 0 Å². The van der Waals surface area contributed by atoms with Crippen LogP contribution < -0.4 is 9.47 Å². The first-order valence-electron chi connectivity index (χ1n) is 8.61. The summed E-state index contributed by atoms with van der Waals surface area (Å²) in [6.07, 6.45) is 1.78. The van der Waals surface area contributed by atoms with Gasteiger partial charge in [-0.05, 0) is 29.3 Å². The van der Waals surface area contributed by atoms with Crippen molar-refractivity contribution in [3.05, 3.63) is 102 Å². The first kappa shape index (κ1) is 16.2. The summed E-state index contributed by atoms with van der Waals surface area (Å²) in [6, 6.07) is 28.1. The predicted octanol–water partition coefficient (Wildman–Crippen LogP) is 5.39. The van der Waals surface area contributed by atoms with E-state index < -0.39 is 0 Å². The lowest BCUT2D eigenvalue weighted by atomic mass is 10.2. The lowest BCUT2D eigenvalue weighted by molar-refractivity contribution is 0.258. The molecule has 0 aliphatic carbocycles. The number of ether oxygens (including phenoxy) is 2. The Labute approximate surface area is 152 Å². The van der Waals surface area contributed by atoms with E-state index in [4.69, 9.17) is 9.47 Å². The topological polar surface area (TPSA) is 31.4 Å². The number of benzene rings is 3. The fourth-order valence-corrected chi connectivity index (χ4v) is 2.82. The van der Waals surface area contributed by atoms with Crippen LogP contribution in [0.4, 0.5) is 0 Å². The molecule has 128 valence electrons. The maximum absolute atomic E-state index is 6.14. The molecule has 0 saturated heterocycles. The lowest BCUT2D eigenvalue weighted by Crippen LogP contribution is -2.01. The van der Waals surface area contributed by atoms with Gasteiger partial charge < -0.3 is 9.47 Å². The Morgan fingerprint density at radius 2 is 1.27 bits per heavy atom. The Balaban J connectivity index is 1.63. The molecule has 0 unspecified atom stereocenters. The summed E-state index contributed by atoms with van der Waals surface area (Å²) < 4.78 is 12.2. The highest BCUT2D eigenvalue weighted by molar-refractivity contribution is 5.87. The molecule has 0 aliphatic rings. The predicted molar refractivity (Wildman–Crippen MR) is 103 cm³/mol. The van der Waals surface area contributed by atoms with Gasteiger partial charge in [0.25, 0.3) is 0 Å². The summed E-state index contributed by atoms with van der Waals surface area (Å²) in [7, 11) is 0. The van der Waals surface area contributed by atoms with Crippen LogP contribution in [0.15, 0.2) is 91.1 Å². The maximum atomic E-state index is 6.14. The van der Waals surface area contributed by atoms with Crippen LogP contribution in [-0.2, 0) is 13.2 Å². The Kier molecular flexibility index (Phi) is 4.79. The van der Waals surface area contributed by atoms with Crippen molar-refractivity contribution in [2.45, 2.75) is 13.2 Å². The molecular weight excluding hydrogens is 322 g/mol. The largest absolute Gasteiger partial charge is 0.485 e. The SMILES string of the molecule is c1ccc(COc2ccc3cccnc3c2OCc2ccccc2)cc1. The monoisotopic (exact) mass is 341 g/mol. The Hall–Kier alpha value is -3.33. The van der Waals surface area contributed by atoms with Gasteiger partial charge in [-0.3, -0.25) is 4.98 Å². The van der Waals surface area contributed by atoms with E-state index in [1.807, 2.05) is 84.9 Å². The van der Waals surface area contributed by atoms with E-state index in [-0.39, 0.29) is 0 Å². The second-order valence-electron chi connectivity index (χ2n) is 6.02. The maximum Gasteiger partial charge on any atom is 0.187 e. The summed E-state index contributed by atoms with van der Waals surface area (Å²) >= 11 is 0. The number of fused-ring (bicyclic) bond motifs is 1. The molecule has 0 aliphatic heterocycles. The van der Waals surface area contributed by atoms with Crippen LogP contribution in [0.25, 0.3) is 10.9 Å². The zero-order valence-corrected chi connectivity index (χ0v) is 14.3. The van der Waals surface area contributed by atoms with E-state index in [1.54, 1.807) is 6.20 Å². The minimum Gasteiger partial charge on any atom is -0.485 e. The molecule has 3 nitrogen and oxygen atoms in total. The van der Waals surface area contributed by atoms with Crippen LogP contribution in [0.3, 0.4) is 0 Å². The molecule has 0 N–H and O–H groups in total. The number of pyridine rings is 1. The summed E-state index contributed by atoms with van der Waals surface area (Å²) in [5, 5.41) is 1.03. The van der Waals surface area contributed by atoms with E-state index in [9.17, 15) is 0 Å². The molecule has 0 fully saturated rings. The van der Waals surface area contributed by atoms with Gasteiger partial charge in [-0.2, -0.15) is 0 Å². The molecule has 1 heterocycles. The number of hydrogen-bond donors (Lipinski definition) is 0. The minimum absolute atomic E-state index is 0.470. The fraction of sp³-hybridized carbons (Fsp3) is 0.0870. The fourth-order valence-electron chi connectivity index (χ4n) is 2.82.